The minimum Gasteiger partial charge on any atom is -0.484 e. The Hall–Kier alpha value is -2.82. The lowest BCUT2D eigenvalue weighted by Gasteiger charge is -2.06. The molecular weight excluding hydrogens is 278 g/mol. The van der Waals surface area contributed by atoms with Crippen LogP contribution < -0.4 is 15.9 Å². The number of nitrogens with one attached hydrogen (secondary N) is 1. The zero-order valence-electron chi connectivity index (χ0n) is 12.7. The highest BCUT2D eigenvalue weighted by Crippen LogP contribution is 2.11. The lowest BCUT2D eigenvalue weighted by Crippen LogP contribution is -2.25. The van der Waals surface area contributed by atoms with Crippen molar-refractivity contribution < 1.29 is 9.53 Å². The second kappa shape index (κ2) is 7.26. The lowest BCUT2D eigenvalue weighted by molar-refractivity contribution is -0.123. The van der Waals surface area contributed by atoms with Crippen LogP contribution in [0.4, 0.5) is 5.69 Å². The molecule has 3 N–H and O–H groups in total. The monoisotopic (exact) mass is 297 g/mol. The normalized spacial score (nSPS) is 11.1. The minimum atomic E-state index is -0.316. The third-order valence-corrected chi connectivity index (χ3v) is 3.04. The maximum Gasteiger partial charge on any atom is 0.277 e. The molecule has 0 aliphatic carbocycles. The Morgan fingerprint density at radius 3 is 2.64 bits per heavy atom. The Balaban J connectivity index is 1.86. The molecule has 0 saturated carbocycles. The summed E-state index contributed by atoms with van der Waals surface area (Å²) in [5, 5.41) is 4.04. The number of aryl methyl sites for hydroxylation is 1. The molecule has 114 valence electrons. The van der Waals surface area contributed by atoms with Gasteiger partial charge in [0.2, 0.25) is 0 Å². The molecule has 0 spiro atoms. The Kier molecular flexibility index (Phi) is 5.14. The second-order valence-electron chi connectivity index (χ2n) is 4.96. The van der Waals surface area contributed by atoms with Crippen molar-refractivity contribution >= 4 is 17.3 Å². The largest absolute Gasteiger partial charge is 0.484 e. The molecule has 0 heterocycles. The highest BCUT2D eigenvalue weighted by Gasteiger charge is 2.03. The molecule has 0 aromatic heterocycles. The van der Waals surface area contributed by atoms with E-state index in [0.717, 1.165) is 11.1 Å². The molecule has 0 atom stereocenters. The Morgan fingerprint density at radius 2 is 1.95 bits per heavy atom. The fourth-order valence-electron chi connectivity index (χ4n) is 1.79. The van der Waals surface area contributed by atoms with Crippen LogP contribution in [0.3, 0.4) is 0 Å². The SMILES string of the molecule is C/C(=N\NC(=O)COc1ccc(C)cc1)c1cccc(N)c1. The molecule has 0 radical (unpaired) electrons. The first-order chi connectivity index (χ1) is 10.5. The Labute approximate surface area is 129 Å². The highest BCUT2D eigenvalue weighted by molar-refractivity contribution is 5.99. The molecule has 0 saturated heterocycles. The number of nitrogens with zero attached hydrogens (tertiary/aromatic N) is 1. The van der Waals surface area contributed by atoms with E-state index in [4.69, 9.17) is 10.5 Å². The molecule has 0 fully saturated rings. The summed E-state index contributed by atoms with van der Waals surface area (Å²) in [6.07, 6.45) is 0. The maximum atomic E-state index is 11.7. The van der Waals surface area contributed by atoms with Gasteiger partial charge in [-0.25, -0.2) is 5.43 Å². The number of hydrogen-bond donors (Lipinski definition) is 2. The first-order valence-electron chi connectivity index (χ1n) is 6.93. The Bertz CT molecular complexity index is 679. The fourth-order valence-corrected chi connectivity index (χ4v) is 1.79. The van der Waals surface area contributed by atoms with Gasteiger partial charge in [0.1, 0.15) is 5.75 Å². The van der Waals surface area contributed by atoms with Crippen LogP contribution in [0.1, 0.15) is 18.1 Å². The van der Waals surface area contributed by atoms with Crippen molar-refractivity contribution in [3.63, 3.8) is 0 Å². The molecule has 22 heavy (non-hydrogen) atoms. The average molecular weight is 297 g/mol. The van der Waals surface area contributed by atoms with Gasteiger partial charge in [0.15, 0.2) is 6.61 Å². The standard InChI is InChI=1S/C17H19N3O2/c1-12-6-8-16(9-7-12)22-11-17(21)20-19-13(2)14-4-3-5-15(18)10-14/h3-10H,11,18H2,1-2H3,(H,20,21)/b19-13+. The number of anilines is 1. The Morgan fingerprint density at radius 1 is 1.23 bits per heavy atom. The van der Waals surface area contributed by atoms with Gasteiger partial charge in [-0.2, -0.15) is 5.10 Å². The average Bonchev–Trinajstić information content (AvgIpc) is 2.52. The number of carbonyl (C=O) groups is 1. The molecule has 0 unspecified atom stereocenters. The molecule has 0 bridgehead atoms. The molecule has 1 amide bonds. The zero-order valence-corrected chi connectivity index (χ0v) is 12.7. The van der Waals surface area contributed by atoms with Gasteiger partial charge < -0.3 is 10.5 Å². The first kappa shape index (κ1) is 15.6. The predicted octanol–water partition coefficient (Wildman–Crippen LogP) is 2.50. The van der Waals surface area contributed by atoms with E-state index in [0.29, 0.717) is 17.1 Å². The van der Waals surface area contributed by atoms with Crippen molar-refractivity contribution in [1.29, 1.82) is 0 Å². The molecule has 0 aliphatic heterocycles. The molecule has 5 nitrogen and oxygen atoms in total. The number of carbonyl (C=O) groups excluding carboxylic acids is 1. The van der Waals surface area contributed by atoms with Gasteiger partial charge in [-0.15, -0.1) is 0 Å². The number of amides is 1. The number of nitrogens with two attached hydrogens (primary N) is 1. The third-order valence-electron chi connectivity index (χ3n) is 3.04. The molecule has 2 rings (SSSR count). The van der Waals surface area contributed by atoms with E-state index >= 15 is 0 Å². The molecule has 0 aliphatic rings. The van der Waals surface area contributed by atoms with Crippen LogP contribution in [0.2, 0.25) is 0 Å². The van der Waals surface area contributed by atoms with E-state index in [-0.39, 0.29) is 12.5 Å². The van der Waals surface area contributed by atoms with E-state index < -0.39 is 0 Å². The number of hydrogen-bond acceptors (Lipinski definition) is 4. The first-order valence-corrected chi connectivity index (χ1v) is 6.93. The molecule has 2 aromatic carbocycles. The van der Waals surface area contributed by atoms with Gasteiger partial charge in [0.05, 0.1) is 5.71 Å². The summed E-state index contributed by atoms with van der Waals surface area (Å²) in [4.78, 5) is 11.7. The van der Waals surface area contributed by atoms with Crippen LogP contribution in [0, 0.1) is 6.92 Å². The summed E-state index contributed by atoms with van der Waals surface area (Å²) >= 11 is 0. The van der Waals surface area contributed by atoms with Crippen LogP contribution in [0.15, 0.2) is 53.6 Å². The summed E-state index contributed by atoms with van der Waals surface area (Å²) < 4.78 is 5.38. The number of benzene rings is 2. The summed E-state index contributed by atoms with van der Waals surface area (Å²) in [7, 11) is 0. The van der Waals surface area contributed by atoms with Crippen LogP contribution in [-0.4, -0.2) is 18.2 Å². The number of ether oxygens (including phenoxy) is 1. The summed E-state index contributed by atoms with van der Waals surface area (Å²) in [5.74, 6) is 0.334. The summed E-state index contributed by atoms with van der Waals surface area (Å²) in [6.45, 7) is 3.71. The van der Waals surface area contributed by atoms with Gasteiger partial charge >= 0.3 is 0 Å². The lowest BCUT2D eigenvalue weighted by atomic mass is 10.1. The van der Waals surface area contributed by atoms with Crippen molar-refractivity contribution in [1.82, 2.24) is 5.43 Å². The number of rotatable bonds is 5. The summed E-state index contributed by atoms with van der Waals surface area (Å²) in [5.41, 5.74) is 11.5. The van der Waals surface area contributed by atoms with E-state index in [1.807, 2.05) is 43.3 Å². The van der Waals surface area contributed by atoms with Crippen LogP contribution in [0.5, 0.6) is 5.75 Å². The van der Waals surface area contributed by atoms with Crippen LogP contribution >= 0.6 is 0 Å². The van der Waals surface area contributed by atoms with Gasteiger partial charge in [-0.05, 0) is 43.7 Å². The molecule has 2 aromatic rings. The third kappa shape index (κ3) is 4.63. The van der Waals surface area contributed by atoms with Gasteiger partial charge in [-0.1, -0.05) is 29.8 Å². The molecular formula is C17H19N3O2. The quantitative estimate of drug-likeness (QED) is 0.506. The zero-order chi connectivity index (χ0) is 15.9. The van der Waals surface area contributed by atoms with E-state index in [1.165, 1.54) is 0 Å². The smallest absolute Gasteiger partial charge is 0.277 e. The number of hydrazone groups is 1. The van der Waals surface area contributed by atoms with Gasteiger partial charge in [0, 0.05) is 5.69 Å². The van der Waals surface area contributed by atoms with Crippen LogP contribution in [-0.2, 0) is 4.79 Å². The minimum absolute atomic E-state index is 0.0865. The molecule has 5 heteroatoms. The van der Waals surface area contributed by atoms with E-state index in [2.05, 4.69) is 10.5 Å². The van der Waals surface area contributed by atoms with E-state index in [1.54, 1.807) is 19.1 Å². The maximum absolute atomic E-state index is 11.7. The summed E-state index contributed by atoms with van der Waals surface area (Å²) in [6, 6.07) is 14.8. The van der Waals surface area contributed by atoms with E-state index in [9.17, 15) is 4.79 Å². The van der Waals surface area contributed by atoms with Crippen molar-refractivity contribution in [3.05, 3.63) is 59.7 Å². The van der Waals surface area contributed by atoms with Crippen molar-refractivity contribution in [3.8, 4) is 5.75 Å². The topological polar surface area (TPSA) is 76.7 Å². The van der Waals surface area contributed by atoms with Crippen molar-refractivity contribution in [2.24, 2.45) is 5.10 Å². The fraction of sp³-hybridized carbons (Fsp3) is 0.176. The van der Waals surface area contributed by atoms with Crippen LogP contribution in [0.25, 0.3) is 0 Å². The van der Waals surface area contributed by atoms with Gasteiger partial charge in [0.25, 0.3) is 5.91 Å². The number of nitrogen functional groups attached to an aromatic ring is 1. The van der Waals surface area contributed by atoms with Gasteiger partial charge in [-0.3, -0.25) is 4.79 Å². The van der Waals surface area contributed by atoms with Crippen molar-refractivity contribution in [2.45, 2.75) is 13.8 Å². The second-order valence-corrected chi connectivity index (χ2v) is 4.96. The predicted molar refractivity (Wildman–Crippen MR) is 87.9 cm³/mol. The highest BCUT2D eigenvalue weighted by atomic mass is 16.5. The van der Waals surface area contributed by atoms with Crippen molar-refractivity contribution in [2.75, 3.05) is 12.3 Å².